The van der Waals surface area contributed by atoms with Crippen LogP contribution in [0.2, 0.25) is 0 Å². The summed E-state index contributed by atoms with van der Waals surface area (Å²) in [5.74, 6) is -1.11. The second-order valence-electron chi connectivity index (χ2n) is 5.37. The average molecular weight is 276 g/mol. The van der Waals surface area contributed by atoms with E-state index in [1.165, 1.54) is 0 Å². The number of hydrogen-bond acceptors (Lipinski definition) is 2. The molecular formula is C15H20N2O3. The molecule has 1 aliphatic carbocycles. The van der Waals surface area contributed by atoms with Gasteiger partial charge in [-0.3, -0.25) is 4.79 Å². The van der Waals surface area contributed by atoms with Gasteiger partial charge in [-0.05, 0) is 43.9 Å². The molecule has 1 aromatic carbocycles. The van der Waals surface area contributed by atoms with Crippen LogP contribution in [-0.2, 0) is 4.79 Å². The highest BCUT2D eigenvalue weighted by molar-refractivity contribution is 5.89. The van der Waals surface area contributed by atoms with Crippen molar-refractivity contribution >= 4 is 17.7 Å². The molecule has 5 nitrogen and oxygen atoms in total. The van der Waals surface area contributed by atoms with Crippen LogP contribution < -0.4 is 10.6 Å². The molecule has 0 bridgehead atoms. The molecule has 0 radical (unpaired) electrons. The van der Waals surface area contributed by atoms with Gasteiger partial charge in [-0.1, -0.05) is 18.6 Å². The molecule has 1 saturated carbocycles. The Morgan fingerprint density at radius 3 is 2.80 bits per heavy atom. The number of carboxylic acids is 1. The van der Waals surface area contributed by atoms with Gasteiger partial charge in [0.15, 0.2) is 0 Å². The van der Waals surface area contributed by atoms with Crippen molar-refractivity contribution in [2.24, 2.45) is 5.92 Å². The number of amides is 2. The fourth-order valence-corrected chi connectivity index (χ4v) is 2.62. The third-order valence-corrected chi connectivity index (χ3v) is 3.63. The molecular weight excluding hydrogens is 256 g/mol. The number of carbonyl (C=O) groups is 2. The van der Waals surface area contributed by atoms with E-state index in [9.17, 15) is 9.59 Å². The van der Waals surface area contributed by atoms with Gasteiger partial charge in [-0.2, -0.15) is 0 Å². The van der Waals surface area contributed by atoms with E-state index in [2.05, 4.69) is 10.6 Å². The van der Waals surface area contributed by atoms with Crippen molar-refractivity contribution in [1.82, 2.24) is 5.32 Å². The fraction of sp³-hybridized carbons (Fsp3) is 0.467. The lowest BCUT2D eigenvalue weighted by molar-refractivity contribution is -0.143. The maximum absolute atomic E-state index is 11.9. The lowest BCUT2D eigenvalue weighted by atomic mass is 9.86. The minimum absolute atomic E-state index is 0.0605. The maximum atomic E-state index is 11.9. The molecule has 2 rings (SSSR count). The van der Waals surface area contributed by atoms with E-state index in [1.807, 2.05) is 31.2 Å². The molecule has 3 N–H and O–H groups in total. The van der Waals surface area contributed by atoms with Gasteiger partial charge in [-0.15, -0.1) is 0 Å². The van der Waals surface area contributed by atoms with Crippen LogP contribution >= 0.6 is 0 Å². The van der Waals surface area contributed by atoms with Gasteiger partial charge in [0.2, 0.25) is 0 Å². The van der Waals surface area contributed by atoms with Crippen LogP contribution in [0, 0.1) is 12.8 Å². The molecule has 20 heavy (non-hydrogen) atoms. The van der Waals surface area contributed by atoms with Crippen LogP contribution in [-0.4, -0.2) is 23.1 Å². The summed E-state index contributed by atoms with van der Waals surface area (Å²) in [4.78, 5) is 22.9. The molecule has 2 amide bonds. The first-order valence-electron chi connectivity index (χ1n) is 6.91. The number of carbonyl (C=O) groups excluding carboxylic acids is 1. The second kappa shape index (κ2) is 6.41. The summed E-state index contributed by atoms with van der Waals surface area (Å²) in [6.45, 7) is 1.96. The zero-order valence-corrected chi connectivity index (χ0v) is 11.6. The average Bonchev–Trinajstić information content (AvgIpc) is 2.38. The van der Waals surface area contributed by atoms with Crippen LogP contribution in [0.3, 0.4) is 0 Å². The molecule has 0 aliphatic heterocycles. The van der Waals surface area contributed by atoms with Gasteiger partial charge in [0.1, 0.15) is 0 Å². The molecule has 1 fully saturated rings. The predicted molar refractivity (Wildman–Crippen MR) is 76.7 cm³/mol. The summed E-state index contributed by atoms with van der Waals surface area (Å²) < 4.78 is 0. The van der Waals surface area contributed by atoms with E-state index in [4.69, 9.17) is 5.11 Å². The molecule has 108 valence electrons. The van der Waals surface area contributed by atoms with E-state index >= 15 is 0 Å². The Labute approximate surface area is 118 Å². The first-order valence-corrected chi connectivity index (χ1v) is 6.91. The number of benzene rings is 1. The molecule has 0 heterocycles. The fourth-order valence-electron chi connectivity index (χ4n) is 2.62. The summed E-state index contributed by atoms with van der Waals surface area (Å²) >= 11 is 0. The van der Waals surface area contributed by atoms with Crippen LogP contribution in [0.25, 0.3) is 0 Å². The summed E-state index contributed by atoms with van der Waals surface area (Å²) in [7, 11) is 0. The summed E-state index contributed by atoms with van der Waals surface area (Å²) in [6.07, 6.45) is 2.89. The molecule has 5 heteroatoms. The number of anilines is 1. The largest absolute Gasteiger partial charge is 0.481 e. The second-order valence-corrected chi connectivity index (χ2v) is 5.37. The molecule has 0 spiro atoms. The van der Waals surface area contributed by atoms with Crippen molar-refractivity contribution in [2.45, 2.75) is 38.6 Å². The zero-order valence-electron chi connectivity index (χ0n) is 11.6. The lowest BCUT2D eigenvalue weighted by Gasteiger charge is -2.27. The van der Waals surface area contributed by atoms with Crippen LogP contribution in [0.4, 0.5) is 10.5 Å². The number of nitrogens with one attached hydrogen (secondary N) is 2. The van der Waals surface area contributed by atoms with Gasteiger partial charge >= 0.3 is 12.0 Å². The number of rotatable bonds is 3. The van der Waals surface area contributed by atoms with Crippen molar-refractivity contribution in [3.8, 4) is 0 Å². The van der Waals surface area contributed by atoms with Gasteiger partial charge in [0.05, 0.1) is 5.92 Å². The molecule has 1 aliphatic rings. The monoisotopic (exact) mass is 276 g/mol. The SMILES string of the molecule is Cc1cccc(NC(=O)NC2CCCC(C(=O)O)C2)c1. The minimum Gasteiger partial charge on any atom is -0.481 e. The van der Waals surface area contributed by atoms with E-state index in [-0.39, 0.29) is 18.0 Å². The first kappa shape index (κ1) is 14.4. The van der Waals surface area contributed by atoms with Crippen LogP contribution in [0.1, 0.15) is 31.2 Å². The number of carboxylic acid groups (broad SMARTS) is 1. The first-order chi connectivity index (χ1) is 9.54. The quantitative estimate of drug-likeness (QED) is 0.794. The third-order valence-electron chi connectivity index (χ3n) is 3.63. The van der Waals surface area contributed by atoms with Gasteiger partial charge < -0.3 is 15.7 Å². The molecule has 0 aromatic heterocycles. The van der Waals surface area contributed by atoms with E-state index in [1.54, 1.807) is 0 Å². The molecule has 2 atom stereocenters. The normalized spacial score (nSPS) is 22.1. The van der Waals surface area contributed by atoms with Gasteiger partial charge in [0.25, 0.3) is 0 Å². The molecule has 0 saturated heterocycles. The Morgan fingerprint density at radius 1 is 1.30 bits per heavy atom. The van der Waals surface area contributed by atoms with Crippen molar-refractivity contribution < 1.29 is 14.7 Å². The van der Waals surface area contributed by atoms with E-state index in [0.717, 1.165) is 24.1 Å². The predicted octanol–water partition coefficient (Wildman–Crippen LogP) is 2.76. The van der Waals surface area contributed by atoms with Gasteiger partial charge in [-0.25, -0.2) is 4.79 Å². The third kappa shape index (κ3) is 3.98. The summed E-state index contributed by atoms with van der Waals surface area (Å²) in [6, 6.07) is 7.23. The number of aliphatic carboxylic acids is 1. The number of aryl methyl sites for hydroxylation is 1. The van der Waals surface area contributed by atoms with Crippen LogP contribution in [0.15, 0.2) is 24.3 Å². The zero-order chi connectivity index (χ0) is 14.5. The van der Waals surface area contributed by atoms with Gasteiger partial charge in [0, 0.05) is 11.7 Å². The van der Waals surface area contributed by atoms with Crippen molar-refractivity contribution in [3.63, 3.8) is 0 Å². The summed E-state index contributed by atoms with van der Waals surface area (Å²) in [5, 5.41) is 14.7. The highest BCUT2D eigenvalue weighted by Gasteiger charge is 2.27. The Bertz CT molecular complexity index is 502. The van der Waals surface area contributed by atoms with E-state index < -0.39 is 5.97 Å². The van der Waals surface area contributed by atoms with Crippen molar-refractivity contribution in [3.05, 3.63) is 29.8 Å². The molecule has 2 unspecified atom stereocenters. The van der Waals surface area contributed by atoms with E-state index in [0.29, 0.717) is 12.8 Å². The maximum Gasteiger partial charge on any atom is 0.319 e. The smallest absolute Gasteiger partial charge is 0.319 e. The Kier molecular flexibility index (Phi) is 4.61. The highest BCUT2D eigenvalue weighted by Crippen LogP contribution is 2.24. The summed E-state index contributed by atoms with van der Waals surface area (Å²) in [5.41, 5.74) is 1.82. The minimum atomic E-state index is -0.768. The Morgan fingerprint density at radius 2 is 2.10 bits per heavy atom. The highest BCUT2D eigenvalue weighted by atomic mass is 16.4. The van der Waals surface area contributed by atoms with Crippen molar-refractivity contribution in [1.29, 1.82) is 0 Å². The number of hydrogen-bond donors (Lipinski definition) is 3. The Hall–Kier alpha value is -2.04. The number of urea groups is 1. The Balaban J connectivity index is 1.86. The van der Waals surface area contributed by atoms with Crippen molar-refractivity contribution in [2.75, 3.05) is 5.32 Å². The molecule has 1 aromatic rings. The topological polar surface area (TPSA) is 78.4 Å². The lowest BCUT2D eigenvalue weighted by Crippen LogP contribution is -2.42. The van der Waals surface area contributed by atoms with Crippen LogP contribution in [0.5, 0.6) is 0 Å². The standard InChI is InChI=1S/C15H20N2O3/c1-10-4-2-6-12(8-10)16-15(20)17-13-7-3-5-11(9-13)14(18)19/h2,4,6,8,11,13H,3,5,7,9H2,1H3,(H,18,19)(H2,16,17,20).